The molecule has 0 unspecified atom stereocenters. The Morgan fingerprint density at radius 1 is 0.520 bits per heavy atom. The molecule has 0 aromatic carbocycles. The van der Waals surface area contributed by atoms with E-state index in [4.69, 9.17) is 9.47 Å². The van der Waals surface area contributed by atoms with E-state index in [1.807, 2.05) is 69.2 Å². The first-order chi connectivity index (χ1) is 46.6. The van der Waals surface area contributed by atoms with Crippen molar-refractivity contribution in [2.45, 2.75) is 285 Å². The molecule has 0 aromatic rings. The van der Waals surface area contributed by atoms with Gasteiger partial charge in [0.05, 0.1) is 30.8 Å². The lowest BCUT2D eigenvalue weighted by atomic mass is 9.93. The number of likely N-dealkylation sites (tertiary alicyclic amines) is 1. The lowest BCUT2D eigenvalue weighted by Crippen LogP contribution is -2.63. The normalized spacial score (nSPS) is 28.4. The van der Waals surface area contributed by atoms with Crippen LogP contribution in [0.1, 0.15) is 201 Å². The average Bonchev–Trinajstić information content (AvgIpc) is 1.56. The predicted molar refractivity (Wildman–Crippen MR) is 380 cm³/mol. The van der Waals surface area contributed by atoms with Gasteiger partial charge in [0.1, 0.15) is 66.5 Å². The van der Waals surface area contributed by atoms with Crippen LogP contribution in [0.4, 0.5) is 0 Å². The first-order valence-electron chi connectivity index (χ1n) is 37.0. The molecule has 4 rings (SSSR count). The van der Waals surface area contributed by atoms with Crippen LogP contribution in [-0.2, 0) is 67.0 Å². The number of rotatable bonds is 17. The fraction of sp³-hybridized carbons (Fsp3) is 0.836. The molecule has 12 amide bonds. The van der Waals surface area contributed by atoms with E-state index in [1.165, 1.54) is 71.6 Å². The highest BCUT2D eigenvalue weighted by Gasteiger charge is 2.50. The quantitative estimate of drug-likeness (QED) is 0.138. The molecule has 5 N–H and O–H groups in total. The Morgan fingerprint density at radius 2 is 1.00 bits per heavy atom. The van der Waals surface area contributed by atoms with Crippen molar-refractivity contribution < 1.29 is 72.1 Å². The molecule has 4 aliphatic heterocycles. The molecule has 4 heterocycles. The van der Waals surface area contributed by atoms with Crippen molar-refractivity contribution in [2.24, 2.45) is 35.5 Å². The van der Waals surface area contributed by atoms with Crippen LogP contribution >= 0.6 is 0 Å². The van der Waals surface area contributed by atoms with E-state index >= 15 is 43.2 Å². The number of carbonyl (C=O) groups excluding carboxylic acids is 12. The van der Waals surface area contributed by atoms with Gasteiger partial charge in [-0.05, 0) is 134 Å². The van der Waals surface area contributed by atoms with Gasteiger partial charge in [-0.3, -0.25) is 57.5 Å². The van der Waals surface area contributed by atoms with Gasteiger partial charge in [-0.15, -0.1) is 0 Å². The van der Waals surface area contributed by atoms with Crippen molar-refractivity contribution in [2.75, 3.05) is 74.6 Å². The van der Waals surface area contributed by atoms with Crippen molar-refractivity contribution in [3.05, 3.63) is 0 Å². The van der Waals surface area contributed by atoms with Gasteiger partial charge in [-0.1, -0.05) is 89.5 Å². The summed E-state index contributed by atoms with van der Waals surface area (Å²) < 4.78 is 12.3. The molecular weight excluding hydrogens is 1280 g/mol. The van der Waals surface area contributed by atoms with E-state index in [2.05, 4.69) is 21.3 Å². The minimum absolute atomic E-state index is 0.0257. The topological polar surface area (TPSA) is 318 Å². The monoisotopic (exact) mass is 1410 g/mol. The Bertz CT molecular complexity index is 2800. The van der Waals surface area contributed by atoms with Gasteiger partial charge in [-0.2, -0.15) is 0 Å². The van der Waals surface area contributed by atoms with Gasteiger partial charge in [-0.25, -0.2) is 0 Å². The third-order valence-corrected chi connectivity index (χ3v) is 20.0. The van der Waals surface area contributed by atoms with E-state index in [9.17, 15) is 19.5 Å². The number of nitrogens with one attached hydrogen (secondary N) is 4. The second-order valence-corrected chi connectivity index (χ2v) is 31.7. The Hall–Kier alpha value is -6.48. The summed E-state index contributed by atoms with van der Waals surface area (Å²) in [4.78, 5) is 193. The Labute approximate surface area is 596 Å². The highest BCUT2D eigenvalue weighted by Crippen LogP contribution is 2.31. The third-order valence-electron chi connectivity index (χ3n) is 20.0. The number of piperidine rings is 2. The molecule has 27 nitrogen and oxygen atoms in total. The summed E-state index contributed by atoms with van der Waals surface area (Å²) in [6.45, 7) is 31.1. The van der Waals surface area contributed by atoms with Crippen molar-refractivity contribution in [3.63, 3.8) is 0 Å². The Kier molecular flexibility index (Phi) is 33.2. The standard InChI is InChI=1S/C73H128N12O15/c1-23-47(13)61-72(98)85-40-49(99-24-2)38-57(85)69(95)84-33-29-26-30-52(84)62(88)75-51(41-100-73(15,16)17)65(91)78(18)54(35-43(5)6)64(90)77-60(48(14)86)71(97)81(21)56(37-45(9)10)68(94)80(20)55(36-44(7)8)67(93)79(19)53(34-42(3)4)63(89)74-50(66(92)83-31-27-25-28-32-83)39-58(87)76-59(46(11)12)70(96)82(61)22/h42-57,59-61,86H,23-41H2,1-22H3,(H,74,89)(H,75,88)(H,76,87)(H,77,90)/t47-,48+,49+,50-,51-,52-,53-,54-,55-,56-,57-,59+,60-,61-/m0/s1. The van der Waals surface area contributed by atoms with Crippen LogP contribution in [0, 0.1) is 35.5 Å². The lowest BCUT2D eigenvalue weighted by Gasteiger charge is -2.41. The van der Waals surface area contributed by atoms with Crippen molar-refractivity contribution in [3.8, 4) is 0 Å². The van der Waals surface area contributed by atoms with Crippen LogP contribution in [0.3, 0.4) is 0 Å². The maximum Gasteiger partial charge on any atom is 0.248 e. The van der Waals surface area contributed by atoms with Gasteiger partial charge >= 0.3 is 0 Å². The highest BCUT2D eigenvalue weighted by atomic mass is 16.5. The molecule has 0 bridgehead atoms. The van der Waals surface area contributed by atoms with Gasteiger partial charge in [0, 0.05) is 74.4 Å². The molecule has 14 atom stereocenters. The summed E-state index contributed by atoms with van der Waals surface area (Å²) in [6, 6.07) is -14.4. The summed E-state index contributed by atoms with van der Waals surface area (Å²) in [6.07, 6.45) is 1.46. The smallest absolute Gasteiger partial charge is 0.248 e. The number of aliphatic hydroxyl groups is 1. The summed E-state index contributed by atoms with van der Waals surface area (Å²) in [5, 5.41) is 22.8. The number of likely N-dealkylation sites (N-methyl/N-ethyl adjacent to an activating group) is 5. The first-order valence-corrected chi connectivity index (χ1v) is 37.0. The second-order valence-electron chi connectivity index (χ2n) is 31.7. The molecule has 4 aliphatic rings. The average molecular weight is 1410 g/mol. The largest absolute Gasteiger partial charge is 0.391 e. The zero-order chi connectivity index (χ0) is 75.7. The molecule has 0 saturated carbocycles. The van der Waals surface area contributed by atoms with E-state index < -0.39 is 173 Å². The number of nitrogens with zero attached hydrogens (tertiary/aromatic N) is 8. The highest BCUT2D eigenvalue weighted by molar-refractivity contribution is 6.00. The van der Waals surface area contributed by atoms with Crippen LogP contribution in [0.2, 0.25) is 0 Å². The van der Waals surface area contributed by atoms with Gasteiger partial charge < -0.3 is 75.0 Å². The Balaban J connectivity index is 2.01. The number of carbonyl (C=O) groups is 12. The van der Waals surface area contributed by atoms with Gasteiger partial charge in [0.25, 0.3) is 0 Å². The van der Waals surface area contributed by atoms with Crippen LogP contribution in [-0.4, -0.2) is 274 Å². The molecule has 0 radical (unpaired) electrons. The summed E-state index contributed by atoms with van der Waals surface area (Å²) in [5.74, 6) is -10.1. The van der Waals surface area contributed by atoms with Crippen molar-refractivity contribution in [1.29, 1.82) is 0 Å². The van der Waals surface area contributed by atoms with Gasteiger partial charge in [0.15, 0.2) is 0 Å². The summed E-state index contributed by atoms with van der Waals surface area (Å²) in [5.41, 5.74) is -0.838. The van der Waals surface area contributed by atoms with Gasteiger partial charge in [0.2, 0.25) is 70.9 Å². The number of hydrogen-bond acceptors (Lipinski definition) is 15. The number of hydrogen-bond donors (Lipinski definition) is 5. The molecule has 4 fully saturated rings. The lowest BCUT2D eigenvalue weighted by molar-refractivity contribution is -0.155. The minimum Gasteiger partial charge on any atom is -0.391 e. The maximum absolute atomic E-state index is 15.6. The van der Waals surface area contributed by atoms with Crippen molar-refractivity contribution in [1.82, 2.24) is 60.5 Å². The SMILES string of the molecule is CCO[C@@H]1C[C@H]2C(=O)N3CCCC[C@H]3C(=O)N[C@@H](COC(C)(C)C)C(=O)N(C)[C@@H](CC(C)C)C(=O)N[C@@H]([C@@H](C)O)C(=O)N(C)[C@@H](CC(C)C)C(=O)N(C)[C@@H](CC(C)C)C(=O)N(C)[C@@H](CC(C)C)C(=O)N[C@H](C(=O)N3CCCCC3)CC(=O)N[C@H](C(C)C)C(=O)N(C)[C@@H]([C@@H](C)CC)C(=O)N2C1. The second kappa shape index (κ2) is 38.7. The molecular formula is C73H128N12O15. The maximum atomic E-state index is 15.6. The fourth-order valence-corrected chi connectivity index (χ4v) is 14.0. The van der Waals surface area contributed by atoms with Crippen LogP contribution in [0.25, 0.3) is 0 Å². The zero-order valence-electron chi connectivity index (χ0n) is 64.6. The summed E-state index contributed by atoms with van der Waals surface area (Å²) >= 11 is 0. The Morgan fingerprint density at radius 3 is 1.49 bits per heavy atom. The van der Waals surface area contributed by atoms with Crippen molar-refractivity contribution >= 4 is 70.9 Å². The minimum atomic E-state index is -1.68. The van der Waals surface area contributed by atoms with E-state index in [1.54, 1.807) is 46.4 Å². The molecule has 570 valence electrons. The number of ether oxygens (including phenoxy) is 2. The number of amides is 12. The molecule has 4 saturated heterocycles. The fourth-order valence-electron chi connectivity index (χ4n) is 14.0. The van der Waals surface area contributed by atoms with E-state index in [0.29, 0.717) is 45.2 Å². The molecule has 0 aliphatic carbocycles. The third kappa shape index (κ3) is 23.3. The molecule has 27 heteroatoms. The van der Waals surface area contributed by atoms with Crippen LogP contribution in [0.5, 0.6) is 0 Å². The number of aliphatic hydroxyl groups excluding tert-OH is 1. The van der Waals surface area contributed by atoms with E-state index in [-0.39, 0.29) is 88.5 Å². The molecule has 0 aromatic heterocycles. The first kappa shape index (κ1) is 85.9. The molecule has 0 spiro atoms. The zero-order valence-corrected chi connectivity index (χ0v) is 64.6. The van der Waals surface area contributed by atoms with Crippen LogP contribution in [0.15, 0.2) is 0 Å². The summed E-state index contributed by atoms with van der Waals surface area (Å²) in [7, 11) is 7.15. The van der Waals surface area contributed by atoms with E-state index in [0.717, 1.165) is 11.3 Å². The van der Waals surface area contributed by atoms with Crippen LogP contribution < -0.4 is 21.3 Å². The predicted octanol–water partition coefficient (Wildman–Crippen LogP) is 3.95. The molecule has 100 heavy (non-hydrogen) atoms. The number of fused-ring (bicyclic) bond motifs is 2.